The molecule has 1 aromatic carbocycles. The van der Waals surface area contributed by atoms with Gasteiger partial charge in [0.25, 0.3) is 0 Å². The van der Waals surface area contributed by atoms with Gasteiger partial charge in [-0.1, -0.05) is 6.58 Å². The van der Waals surface area contributed by atoms with Crippen LogP contribution in [0.5, 0.6) is 5.75 Å². The number of hydrogen-bond acceptors (Lipinski definition) is 7. The monoisotopic (exact) mass is 338 g/mol. The SMILES string of the molecule is C=CC(=O)OCCOCCOCCOc1ccc(C(=O)OC)cc1. The molecule has 0 heterocycles. The van der Waals surface area contributed by atoms with Crippen LogP contribution in [0.3, 0.4) is 0 Å². The number of carbonyl (C=O) groups is 2. The van der Waals surface area contributed by atoms with Crippen LogP contribution in [-0.4, -0.2) is 58.7 Å². The molecule has 7 nitrogen and oxygen atoms in total. The van der Waals surface area contributed by atoms with Crippen LogP contribution in [0.1, 0.15) is 10.4 Å². The first-order chi connectivity index (χ1) is 11.7. The number of hydrogen-bond donors (Lipinski definition) is 0. The largest absolute Gasteiger partial charge is 0.491 e. The van der Waals surface area contributed by atoms with E-state index in [1.165, 1.54) is 7.11 Å². The van der Waals surface area contributed by atoms with Crippen LogP contribution in [0.25, 0.3) is 0 Å². The molecule has 0 amide bonds. The van der Waals surface area contributed by atoms with E-state index in [-0.39, 0.29) is 12.6 Å². The molecule has 7 heteroatoms. The van der Waals surface area contributed by atoms with E-state index < -0.39 is 5.97 Å². The third kappa shape index (κ3) is 8.30. The van der Waals surface area contributed by atoms with Gasteiger partial charge in [0.05, 0.1) is 39.1 Å². The Kier molecular flexibility index (Phi) is 9.91. The summed E-state index contributed by atoms with van der Waals surface area (Å²) in [6, 6.07) is 6.66. The van der Waals surface area contributed by atoms with Crippen LogP contribution >= 0.6 is 0 Å². The van der Waals surface area contributed by atoms with Crippen molar-refractivity contribution in [3.63, 3.8) is 0 Å². The average molecular weight is 338 g/mol. The number of methoxy groups -OCH3 is 1. The quantitative estimate of drug-likeness (QED) is 0.325. The maximum atomic E-state index is 11.3. The highest BCUT2D eigenvalue weighted by molar-refractivity contribution is 5.89. The fourth-order valence-corrected chi connectivity index (χ4v) is 1.61. The molecule has 0 aliphatic heterocycles. The summed E-state index contributed by atoms with van der Waals surface area (Å²) >= 11 is 0. The highest BCUT2D eigenvalue weighted by Gasteiger charge is 2.04. The van der Waals surface area contributed by atoms with E-state index in [2.05, 4.69) is 11.3 Å². The first kappa shape index (κ1) is 19.7. The Labute approximate surface area is 141 Å². The van der Waals surface area contributed by atoms with Crippen molar-refractivity contribution in [1.82, 2.24) is 0 Å². The van der Waals surface area contributed by atoms with Gasteiger partial charge < -0.3 is 23.7 Å². The number of ether oxygens (including phenoxy) is 5. The van der Waals surface area contributed by atoms with E-state index in [0.717, 1.165) is 6.08 Å². The minimum absolute atomic E-state index is 0.190. The van der Waals surface area contributed by atoms with Crippen molar-refractivity contribution in [3.8, 4) is 5.75 Å². The van der Waals surface area contributed by atoms with Gasteiger partial charge in [0.2, 0.25) is 0 Å². The van der Waals surface area contributed by atoms with Crippen molar-refractivity contribution in [2.24, 2.45) is 0 Å². The van der Waals surface area contributed by atoms with Gasteiger partial charge in [-0.05, 0) is 24.3 Å². The molecule has 0 aliphatic rings. The normalized spacial score (nSPS) is 10.0. The summed E-state index contributed by atoms with van der Waals surface area (Å²) in [6.07, 6.45) is 1.10. The number of rotatable bonds is 12. The van der Waals surface area contributed by atoms with Gasteiger partial charge in [0.1, 0.15) is 19.0 Å². The lowest BCUT2D eigenvalue weighted by Gasteiger charge is -2.08. The van der Waals surface area contributed by atoms with Crippen LogP contribution in [-0.2, 0) is 23.7 Å². The lowest BCUT2D eigenvalue weighted by molar-refractivity contribution is -0.139. The zero-order chi connectivity index (χ0) is 17.6. The van der Waals surface area contributed by atoms with Crippen LogP contribution in [0, 0.1) is 0 Å². The molecule has 0 aromatic heterocycles. The van der Waals surface area contributed by atoms with Gasteiger partial charge in [-0.15, -0.1) is 0 Å². The first-order valence-electron chi connectivity index (χ1n) is 7.43. The molecule has 0 bridgehead atoms. The molecule has 0 fully saturated rings. The van der Waals surface area contributed by atoms with E-state index >= 15 is 0 Å². The Morgan fingerprint density at radius 2 is 1.54 bits per heavy atom. The summed E-state index contributed by atoms with van der Waals surface area (Å²) in [5, 5.41) is 0. The van der Waals surface area contributed by atoms with Crippen LogP contribution < -0.4 is 4.74 Å². The predicted molar refractivity (Wildman–Crippen MR) is 86.1 cm³/mol. The molecule has 0 aliphatic carbocycles. The summed E-state index contributed by atoms with van der Waals surface area (Å²) < 4.78 is 25.4. The molecule has 0 spiro atoms. The minimum Gasteiger partial charge on any atom is -0.491 e. The summed E-state index contributed by atoms with van der Waals surface area (Å²) in [7, 11) is 1.33. The molecule has 132 valence electrons. The third-order valence-electron chi connectivity index (χ3n) is 2.78. The van der Waals surface area contributed by atoms with Gasteiger partial charge in [0, 0.05) is 6.08 Å². The van der Waals surface area contributed by atoms with E-state index in [4.69, 9.17) is 18.9 Å². The van der Waals surface area contributed by atoms with Crippen molar-refractivity contribution in [2.75, 3.05) is 46.8 Å². The van der Waals surface area contributed by atoms with Crippen LogP contribution in [0.15, 0.2) is 36.9 Å². The zero-order valence-corrected chi connectivity index (χ0v) is 13.7. The average Bonchev–Trinajstić information content (AvgIpc) is 2.62. The Balaban J connectivity index is 1.99. The molecule has 0 N–H and O–H groups in total. The molecule has 24 heavy (non-hydrogen) atoms. The minimum atomic E-state index is -0.466. The molecular weight excluding hydrogens is 316 g/mol. The number of carbonyl (C=O) groups excluding carboxylic acids is 2. The van der Waals surface area contributed by atoms with Crippen molar-refractivity contribution < 1.29 is 33.3 Å². The van der Waals surface area contributed by atoms with E-state index in [0.29, 0.717) is 44.3 Å². The second kappa shape index (κ2) is 12.1. The molecule has 0 saturated heterocycles. The topological polar surface area (TPSA) is 80.3 Å². The second-order valence-electron chi connectivity index (χ2n) is 4.46. The molecule has 0 saturated carbocycles. The Hall–Kier alpha value is -2.38. The molecule has 1 rings (SSSR count). The Morgan fingerprint density at radius 3 is 2.12 bits per heavy atom. The molecule has 0 radical (unpaired) electrons. The van der Waals surface area contributed by atoms with Gasteiger partial charge in [0.15, 0.2) is 0 Å². The highest BCUT2D eigenvalue weighted by Crippen LogP contribution is 2.12. The van der Waals surface area contributed by atoms with Crippen LogP contribution in [0.2, 0.25) is 0 Å². The third-order valence-corrected chi connectivity index (χ3v) is 2.78. The first-order valence-corrected chi connectivity index (χ1v) is 7.43. The van der Waals surface area contributed by atoms with E-state index in [1.54, 1.807) is 24.3 Å². The van der Waals surface area contributed by atoms with Crippen LogP contribution in [0.4, 0.5) is 0 Å². The molecule has 1 aromatic rings. The van der Waals surface area contributed by atoms with Gasteiger partial charge in [-0.25, -0.2) is 9.59 Å². The van der Waals surface area contributed by atoms with Crippen molar-refractivity contribution in [2.45, 2.75) is 0 Å². The van der Waals surface area contributed by atoms with E-state index in [1.807, 2.05) is 0 Å². The fraction of sp³-hybridized carbons (Fsp3) is 0.412. The number of benzene rings is 1. The number of esters is 2. The summed E-state index contributed by atoms with van der Waals surface area (Å²) in [5.41, 5.74) is 0.469. The summed E-state index contributed by atoms with van der Waals surface area (Å²) in [5.74, 6) is -0.206. The maximum Gasteiger partial charge on any atom is 0.337 e. The van der Waals surface area contributed by atoms with Gasteiger partial charge in [-0.2, -0.15) is 0 Å². The molecule has 0 unspecified atom stereocenters. The smallest absolute Gasteiger partial charge is 0.337 e. The van der Waals surface area contributed by atoms with E-state index in [9.17, 15) is 9.59 Å². The predicted octanol–water partition coefficient (Wildman–Crippen LogP) is 1.61. The standard InChI is InChI=1S/C17H22O7/c1-3-16(18)24-13-11-22-9-8-21-10-12-23-15-6-4-14(5-7-15)17(19)20-2/h3-7H,1,8-13H2,2H3. The highest BCUT2D eigenvalue weighted by atomic mass is 16.6. The lowest BCUT2D eigenvalue weighted by Crippen LogP contribution is -2.13. The Morgan fingerprint density at radius 1 is 0.958 bits per heavy atom. The summed E-state index contributed by atoms with van der Waals surface area (Å²) in [4.78, 5) is 22.0. The van der Waals surface area contributed by atoms with Crippen molar-refractivity contribution in [3.05, 3.63) is 42.5 Å². The zero-order valence-electron chi connectivity index (χ0n) is 13.7. The summed E-state index contributed by atoms with van der Waals surface area (Å²) in [6.45, 7) is 5.40. The van der Waals surface area contributed by atoms with Crippen molar-refractivity contribution in [1.29, 1.82) is 0 Å². The van der Waals surface area contributed by atoms with Gasteiger partial charge in [-0.3, -0.25) is 0 Å². The Bertz CT molecular complexity index is 510. The van der Waals surface area contributed by atoms with Gasteiger partial charge >= 0.3 is 11.9 Å². The fourth-order valence-electron chi connectivity index (χ4n) is 1.61. The van der Waals surface area contributed by atoms with Crippen molar-refractivity contribution >= 4 is 11.9 Å². The molecule has 0 atom stereocenters. The maximum absolute atomic E-state index is 11.3. The second-order valence-corrected chi connectivity index (χ2v) is 4.46. The molecular formula is C17H22O7. The lowest BCUT2D eigenvalue weighted by atomic mass is 10.2.